The minimum Gasteiger partial charge on any atom is -0.353 e. The number of fused-ring (bicyclic) bond motifs is 1. The number of nitrogens with zero attached hydrogens (tertiary/aromatic N) is 1. The minimum atomic E-state index is -0.185. The summed E-state index contributed by atoms with van der Waals surface area (Å²) in [7, 11) is 0. The number of H-pyrrole nitrogens is 1. The lowest BCUT2D eigenvalue weighted by Crippen LogP contribution is -2.53. The number of amides is 1. The van der Waals surface area contributed by atoms with Crippen LogP contribution in [0.2, 0.25) is 0 Å². The Morgan fingerprint density at radius 2 is 2.16 bits per heavy atom. The first kappa shape index (κ1) is 12.2. The normalized spacial score (nSPS) is 19.7. The molecule has 1 unspecified atom stereocenters. The summed E-state index contributed by atoms with van der Waals surface area (Å²) in [5, 5.41) is 6.08. The molecule has 1 atom stereocenters. The van der Waals surface area contributed by atoms with Crippen molar-refractivity contribution in [2.75, 3.05) is 13.1 Å². The predicted molar refractivity (Wildman–Crippen MR) is 74.1 cm³/mol. The van der Waals surface area contributed by atoms with E-state index >= 15 is 0 Å². The number of aromatic nitrogens is 2. The van der Waals surface area contributed by atoms with Crippen molar-refractivity contribution in [2.45, 2.75) is 26.3 Å². The summed E-state index contributed by atoms with van der Waals surface area (Å²) >= 11 is 0. The van der Waals surface area contributed by atoms with Crippen LogP contribution in [-0.4, -0.2) is 35.0 Å². The molecule has 0 bridgehead atoms. The fraction of sp³-hybridized carbons (Fsp3) is 0.429. The smallest absolute Gasteiger partial charge is 0.237 e. The molecular weight excluding hydrogens is 240 g/mol. The number of carbonyl (C=O) groups excluding carboxylic acids is 1. The van der Waals surface area contributed by atoms with Crippen molar-refractivity contribution < 1.29 is 4.79 Å². The highest BCUT2D eigenvalue weighted by Crippen LogP contribution is 2.18. The molecule has 1 fully saturated rings. The molecule has 1 aromatic carbocycles. The monoisotopic (exact) mass is 258 g/mol. The zero-order chi connectivity index (χ0) is 13.4. The van der Waals surface area contributed by atoms with E-state index in [9.17, 15) is 4.79 Å². The van der Waals surface area contributed by atoms with Gasteiger partial charge in [-0.25, -0.2) is 4.98 Å². The Labute approximate surface area is 111 Å². The van der Waals surface area contributed by atoms with Crippen molar-refractivity contribution in [3.8, 4) is 0 Å². The van der Waals surface area contributed by atoms with Crippen LogP contribution in [0.3, 0.4) is 0 Å². The molecule has 5 nitrogen and oxygen atoms in total. The van der Waals surface area contributed by atoms with Crippen molar-refractivity contribution in [1.29, 1.82) is 0 Å². The summed E-state index contributed by atoms with van der Waals surface area (Å²) in [4.78, 5) is 19.6. The van der Waals surface area contributed by atoms with Gasteiger partial charge in [0.1, 0.15) is 5.82 Å². The zero-order valence-electron chi connectivity index (χ0n) is 11.2. The average molecular weight is 258 g/mol. The van der Waals surface area contributed by atoms with E-state index in [4.69, 9.17) is 0 Å². The van der Waals surface area contributed by atoms with E-state index in [1.807, 2.05) is 0 Å². The van der Waals surface area contributed by atoms with Gasteiger partial charge in [0, 0.05) is 19.5 Å². The third-order valence-electron chi connectivity index (χ3n) is 3.50. The molecule has 3 rings (SSSR count). The maximum atomic E-state index is 11.7. The average Bonchev–Trinajstić information content (AvgIpc) is 2.75. The topological polar surface area (TPSA) is 69.8 Å². The second-order valence-corrected chi connectivity index (χ2v) is 5.16. The van der Waals surface area contributed by atoms with Crippen molar-refractivity contribution in [2.24, 2.45) is 0 Å². The van der Waals surface area contributed by atoms with Gasteiger partial charge in [-0.3, -0.25) is 4.79 Å². The lowest BCUT2D eigenvalue weighted by molar-refractivity contribution is -0.124. The van der Waals surface area contributed by atoms with Gasteiger partial charge in [0.2, 0.25) is 5.91 Å². The Kier molecular flexibility index (Phi) is 2.98. The number of benzene rings is 1. The van der Waals surface area contributed by atoms with E-state index in [0.29, 0.717) is 13.0 Å². The molecule has 2 aromatic rings. The molecule has 0 saturated carbocycles. The number of nitrogens with one attached hydrogen (secondary N) is 3. The number of aromatic amines is 1. The number of carbonyl (C=O) groups is 1. The van der Waals surface area contributed by atoms with Crippen LogP contribution in [0, 0.1) is 13.8 Å². The molecule has 19 heavy (non-hydrogen) atoms. The Morgan fingerprint density at radius 3 is 2.95 bits per heavy atom. The number of rotatable bonds is 2. The van der Waals surface area contributed by atoms with E-state index < -0.39 is 0 Å². The lowest BCUT2D eigenvalue weighted by atomic mass is 10.1. The first-order chi connectivity index (χ1) is 9.13. The highest BCUT2D eigenvalue weighted by atomic mass is 16.2. The Hall–Kier alpha value is -1.88. The molecule has 2 heterocycles. The van der Waals surface area contributed by atoms with Crippen LogP contribution in [0.1, 0.15) is 17.0 Å². The van der Waals surface area contributed by atoms with Crippen LogP contribution >= 0.6 is 0 Å². The molecule has 1 saturated heterocycles. The molecule has 3 N–H and O–H groups in total. The highest BCUT2D eigenvalue weighted by molar-refractivity contribution is 5.83. The number of aryl methyl sites for hydroxylation is 2. The van der Waals surface area contributed by atoms with E-state index in [1.165, 1.54) is 11.1 Å². The van der Waals surface area contributed by atoms with E-state index in [1.54, 1.807) is 0 Å². The molecule has 0 aliphatic carbocycles. The van der Waals surface area contributed by atoms with Crippen LogP contribution in [-0.2, 0) is 11.2 Å². The lowest BCUT2D eigenvalue weighted by Gasteiger charge is -2.22. The Balaban J connectivity index is 1.89. The van der Waals surface area contributed by atoms with Gasteiger partial charge >= 0.3 is 0 Å². The maximum absolute atomic E-state index is 11.7. The number of hydrogen-bond acceptors (Lipinski definition) is 3. The summed E-state index contributed by atoms with van der Waals surface area (Å²) in [5.74, 6) is 0.915. The van der Waals surface area contributed by atoms with Crippen molar-refractivity contribution in [3.63, 3.8) is 0 Å². The molecule has 1 aliphatic rings. The van der Waals surface area contributed by atoms with Crippen LogP contribution in [0.5, 0.6) is 0 Å². The Bertz CT molecular complexity index is 632. The highest BCUT2D eigenvalue weighted by Gasteiger charge is 2.22. The van der Waals surface area contributed by atoms with Gasteiger partial charge in [-0.2, -0.15) is 0 Å². The largest absolute Gasteiger partial charge is 0.353 e. The first-order valence-corrected chi connectivity index (χ1v) is 6.60. The Morgan fingerprint density at radius 1 is 1.32 bits per heavy atom. The second-order valence-electron chi connectivity index (χ2n) is 5.16. The number of hydrogen-bond donors (Lipinski definition) is 3. The summed E-state index contributed by atoms with van der Waals surface area (Å²) in [6, 6.07) is 4.03. The standard InChI is InChI=1S/C14H18N4O/c1-8-5-9(2)13-10(6-8)17-12(18-13)7-11-14(19)16-4-3-15-11/h5-6,11,15H,3-4,7H2,1-2H3,(H,16,19)(H,17,18). The maximum Gasteiger partial charge on any atom is 0.237 e. The van der Waals surface area contributed by atoms with Gasteiger partial charge in [-0.15, -0.1) is 0 Å². The number of piperazine rings is 1. The third-order valence-corrected chi connectivity index (χ3v) is 3.50. The van der Waals surface area contributed by atoms with E-state index in [0.717, 1.165) is 23.4 Å². The fourth-order valence-electron chi connectivity index (χ4n) is 2.62. The minimum absolute atomic E-state index is 0.0552. The van der Waals surface area contributed by atoms with Gasteiger partial charge in [0.15, 0.2) is 0 Å². The number of imidazole rings is 1. The predicted octanol–water partition coefficient (Wildman–Crippen LogP) is 0.810. The van der Waals surface area contributed by atoms with Gasteiger partial charge in [-0.05, 0) is 31.0 Å². The van der Waals surface area contributed by atoms with Crippen molar-refractivity contribution >= 4 is 16.9 Å². The molecule has 1 amide bonds. The van der Waals surface area contributed by atoms with Crippen LogP contribution in [0.25, 0.3) is 11.0 Å². The van der Waals surface area contributed by atoms with Crippen LogP contribution in [0.4, 0.5) is 0 Å². The van der Waals surface area contributed by atoms with Gasteiger partial charge in [-0.1, -0.05) is 6.07 Å². The molecule has 1 aliphatic heterocycles. The van der Waals surface area contributed by atoms with Gasteiger partial charge in [0.25, 0.3) is 0 Å². The molecule has 0 radical (unpaired) electrons. The second kappa shape index (κ2) is 4.66. The van der Waals surface area contributed by atoms with Crippen molar-refractivity contribution in [1.82, 2.24) is 20.6 Å². The first-order valence-electron chi connectivity index (χ1n) is 6.60. The molecule has 100 valence electrons. The fourth-order valence-corrected chi connectivity index (χ4v) is 2.62. The molecule has 0 spiro atoms. The van der Waals surface area contributed by atoms with E-state index in [-0.39, 0.29) is 11.9 Å². The molecular formula is C14H18N4O. The molecule has 1 aromatic heterocycles. The molecule has 5 heteroatoms. The van der Waals surface area contributed by atoms with Gasteiger partial charge < -0.3 is 15.6 Å². The van der Waals surface area contributed by atoms with Crippen LogP contribution < -0.4 is 10.6 Å². The van der Waals surface area contributed by atoms with Crippen molar-refractivity contribution in [3.05, 3.63) is 29.1 Å². The third kappa shape index (κ3) is 2.33. The summed E-state index contributed by atoms with van der Waals surface area (Å²) in [6.07, 6.45) is 0.596. The summed E-state index contributed by atoms with van der Waals surface area (Å²) in [6.45, 7) is 5.65. The van der Waals surface area contributed by atoms with E-state index in [2.05, 4.69) is 46.6 Å². The summed E-state index contributed by atoms with van der Waals surface area (Å²) in [5.41, 5.74) is 4.42. The zero-order valence-corrected chi connectivity index (χ0v) is 11.2. The summed E-state index contributed by atoms with van der Waals surface area (Å²) < 4.78 is 0. The quantitative estimate of drug-likeness (QED) is 0.746. The SMILES string of the molecule is Cc1cc(C)c2nc(CC3NCCNC3=O)[nH]c2c1. The van der Waals surface area contributed by atoms with Crippen LogP contribution in [0.15, 0.2) is 12.1 Å². The van der Waals surface area contributed by atoms with Gasteiger partial charge in [0.05, 0.1) is 17.1 Å².